The van der Waals surface area contributed by atoms with Crippen molar-refractivity contribution in [2.45, 2.75) is 57.9 Å². The van der Waals surface area contributed by atoms with Gasteiger partial charge in [-0.25, -0.2) is 0 Å². The second-order valence-corrected chi connectivity index (χ2v) is 8.26. The van der Waals surface area contributed by atoms with E-state index < -0.39 is 0 Å². The lowest BCUT2D eigenvalue weighted by molar-refractivity contribution is -0.134. The molecule has 3 rings (SSSR count). The van der Waals surface area contributed by atoms with Crippen molar-refractivity contribution < 1.29 is 9.53 Å². The van der Waals surface area contributed by atoms with Crippen LogP contribution in [-0.2, 0) is 4.79 Å². The molecule has 1 unspecified atom stereocenters. The summed E-state index contributed by atoms with van der Waals surface area (Å²) in [6.07, 6.45) is 7.56. The summed E-state index contributed by atoms with van der Waals surface area (Å²) in [7, 11) is 1.80. The monoisotopic (exact) mass is 400 g/mol. The van der Waals surface area contributed by atoms with Gasteiger partial charge in [0.15, 0.2) is 5.96 Å². The standard InChI is InChI=1S/C23H36N4O2/c1-18-9-11-21(12-10-18)29-16-6-5-14-25-23(24-2)26-20-13-15-27(17-20)22(28)19-7-3-4-8-19/h9-12,19-20H,3-8,13-17H2,1-2H3,(H2,24,25,26). The zero-order chi connectivity index (χ0) is 20.5. The Morgan fingerprint density at radius 1 is 1.17 bits per heavy atom. The molecule has 6 nitrogen and oxygen atoms in total. The minimum atomic E-state index is 0.272. The summed E-state index contributed by atoms with van der Waals surface area (Å²) in [6, 6.07) is 8.45. The van der Waals surface area contributed by atoms with E-state index >= 15 is 0 Å². The number of ether oxygens (including phenoxy) is 1. The van der Waals surface area contributed by atoms with Crippen LogP contribution in [0.2, 0.25) is 0 Å². The topological polar surface area (TPSA) is 66.0 Å². The van der Waals surface area contributed by atoms with Crippen LogP contribution in [0.25, 0.3) is 0 Å². The van der Waals surface area contributed by atoms with Gasteiger partial charge in [0.05, 0.1) is 6.61 Å². The molecule has 1 heterocycles. The maximum absolute atomic E-state index is 12.6. The van der Waals surface area contributed by atoms with E-state index in [1.54, 1.807) is 7.05 Å². The van der Waals surface area contributed by atoms with Crippen LogP contribution in [0.15, 0.2) is 29.3 Å². The van der Waals surface area contributed by atoms with Crippen LogP contribution >= 0.6 is 0 Å². The SMILES string of the molecule is CN=C(NCCCCOc1ccc(C)cc1)NC1CCN(C(=O)C2CCCC2)C1. The first kappa shape index (κ1) is 21.5. The number of nitrogens with one attached hydrogen (secondary N) is 2. The third kappa shape index (κ3) is 6.65. The van der Waals surface area contributed by atoms with Crippen LogP contribution in [0.1, 0.15) is 50.5 Å². The Morgan fingerprint density at radius 3 is 2.66 bits per heavy atom. The molecule has 1 aliphatic carbocycles. The second kappa shape index (κ2) is 11.1. The lowest BCUT2D eigenvalue weighted by Gasteiger charge is -2.21. The van der Waals surface area contributed by atoms with Crippen LogP contribution in [-0.4, -0.2) is 56.1 Å². The predicted octanol–water partition coefficient (Wildman–Crippen LogP) is 3.11. The number of amides is 1. The predicted molar refractivity (Wildman–Crippen MR) is 117 cm³/mol. The van der Waals surface area contributed by atoms with Crippen molar-refractivity contribution in [3.63, 3.8) is 0 Å². The van der Waals surface area contributed by atoms with Gasteiger partial charge in [-0.1, -0.05) is 30.5 Å². The number of aliphatic imine (C=N–C) groups is 1. The largest absolute Gasteiger partial charge is 0.494 e. The maximum Gasteiger partial charge on any atom is 0.225 e. The number of rotatable bonds is 8. The molecule has 2 aliphatic rings. The van der Waals surface area contributed by atoms with E-state index in [1.165, 1.54) is 18.4 Å². The quantitative estimate of drug-likeness (QED) is 0.400. The van der Waals surface area contributed by atoms with Crippen LogP contribution in [0.5, 0.6) is 5.75 Å². The summed E-state index contributed by atoms with van der Waals surface area (Å²) in [6.45, 7) is 5.31. The molecular weight excluding hydrogens is 364 g/mol. The number of carbonyl (C=O) groups is 1. The number of aryl methyl sites for hydroxylation is 1. The summed E-state index contributed by atoms with van der Waals surface area (Å²) in [5, 5.41) is 6.86. The van der Waals surface area contributed by atoms with Crippen molar-refractivity contribution in [3.8, 4) is 5.75 Å². The van der Waals surface area contributed by atoms with Gasteiger partial charge in [0.2, 0.25) is 5.91 Å². The van der Waals surface area contributed by atoms with E-state index in [0.717, 1.165) is 70.1 Å². The first-order valence-electron chi connectivity index (χ1n) is 11.1. The fourth-order valence-electron chi connectivity index (χ4n) is 4.16. The molecule has 0 radical (unpaired) electrons. The number of carbonyl (C=O) groups excluding carboxylic acids is 1. The number of nitrogens with zero attached hydrogens (tertiary/aromatic N) is 2. The first-order chi connectivity index (χ1) is 14.2. The third-order valence-corrected chi connectivity index (χ3v) is 5.92. The van der Waals surface area contributed by atoms with Gasteiger partial charge in [0.25, 0.3) is 0 Å². The minimum absolute atomic E-state index is 0.272. The van der Waals surface area contributed by atoms with Gasteiger partial charge < -0.3 is 20.3 Å². The molecule has 1 amide bonds. The van der Waals surface area contributed by atoms with Gasteiger partial charge in [-0.3, -0.25) is 9.79 Å². The Morgan fingerprint density at radius 2 is 1.93 bits per heavy atom. The fraction of sp³-hybridized carbons (Fsp3) is 0.652. The third-order valence-electron chi connectivity index (χ3n) is 5.92. The average Bonchev–Trinajstić information content (AvgIpc) is 3.43. The molecule has 1 aliphatic heterocycles. The Hall–Kier alpha value is -2.24. The highest BCUT2D eigenvalue weighted by molar-refractivity contribution is 5.81. The van der Waals surface area contributed by atoms with Crippen molar-refractivity contribution in [1.29, 1.82) is 0 Å². The first-order valence-corrected chi connectivity index (χ1v) is 11.1. The highest BCUT2D eigenvalue weighted by Crippen LogP contribution is 2.27. The summed E-state index contributed by atoms with van der Waals surface area (Å²) in [4.78, 5) is 19.0. The molecule has 6 heteroatoms. The van der Waals surface area contributed by atoms with Crippen molar-refractivity contribution in [3.05, 3.63) is 29.8 Å². The van der Waals surface area contributed by atoms with Crippen molar-refractivity contribution in [2.24, 2.45) is 10.9 Å². The Labute approximate surface area is 175 Å². The summed E-state index contributed by atoms with van der Waals surface area (Å²) in [5.41, 5.74) is 1.24. The van der Waals surface area contributed by atoms with Gasteiger partial charge >= 0.3 is 0 Å². The molecule has 0 bridgehead atoms. The van der Waals surface area contributed by atoms with E-state index in [4.69, 9.17) is 4.74 Å². The van der Waals surface area contributed by atoms with Gasteiger partial charge in [-0.2, -0.15) is 0 Å². The summed E-state index contributed by atoms with van der Waals surface area (Å²) >= 11 is 0. The van der Waals surface area contributed by atoms with Gasteiger partial charge in [-0.15, -0.1) is 0 Å². The molecule has 2 fully saturated rings. The molecule has 0 aromatic heterocycles. The zero-order valence-electron chi connectivity index (χ0n) is 18.0. The number of unbranched alkanes of at least 4 members (excludes halogenated alkanes) is 1. The van der Waals surface area contributed by atoms with Crippen LogP contribution in [0.4, 0.5) is 0 Å². The normalized spacial score (nSPS) is 20.1. The van der Waals surface area contributed by atoms with Crippen LogP contribution in [0, 0.1) is 12.8 Å². The van der Waals surface area contributed by atoms with Crippen molar-refractivity contribution in [1.82, 2.24) is 15.5 Å². The lowest BCUT2D eigenvalue weighted by Crippen LogP contribution is -2.45. The maximum atomic E-state index is 12.6. The minimum Gasteiger partial charge on any atom is -0.494 e. The number of hydrogen-bond acceptors (Lipinski definition) is 3. The van der Waals surface area contributed by atoms with Gasteiger partial charge in [-0.05, 0) is 51.2 Å². The van der Waals surface area contributed by atoms with Crippen LogP contribution < -0.4 is 15.4 Å². The molecular formula is C23H36N4O2. The van der Waals surface area contributed by atoms with Gasteiger partial charge in [0, 0.05) is 38.6 Å². The summed E-state index contributed by atoms with van der Waals surface area (Å²) < 4.78 is 5.77. The molecule has 160 valence electrons. The highest BCUT2D eigenvalue weighted by Gasteiger charge is 2.32. The molecule has 0 spiro atoms. The van der Waals surface area contributed by atoms with Crippen molar-refractivity contribution >= 4 is 11.9 Å². The number of hydrogen-bond donors (Lipinski definition) is 2. The Kier molecular flexibility index (Phi) is 8.20. The molecule has 2 N–H and O–H groups in total. The molecule has 1 saturated carbocycles. The van der Waals surface area contributed by atoms with E-state index in [1.807, 2.05) is 17.0 Å². The molecule has 1 atom stereocenters. The van der Waals surface area contributed by atoms with Gasteiger partial charge in [0.1, 0.15) is 5.75 Å². The number of guanidine groups is 1. The number of likely N-dealkylation sites (tertiary alicyclic amines) is 1. The van der Waals surface area contributed by atoms with E-state index in [2.05, 4.69) is 34.7 Å². The molecule has 1 aromatic rings. The van der Waals surface area contributed by atoms with E-state index in [9.17, 15) is 4.79 Å². The zero-order valence-corrected chi connectivity index (χ0v) is 18.0. The Bertz CT molecular complexity index is 668. The molecule has 29 heavy (non-hydrogen) atoms. The van der Waals surface area contributed by atoms with Crippen LogP contribution in [0.3, 0.4) is 0 Å². The summed E-state index contributed by atoms with van der Waals surface area (Å²) in [5.74, 6) is 2.39. The fourth-order valence-corrected chi connectivity index (χ4v) is 4.16. The smallest absolute Gasteiger partial charge is 0.225 e. The molecule has 1 aromatic carbocycles. The average molecular weight is 401 g/mol. The Balaban J connectivity index is 1.28. The lowest BCUT2D eigenvalue weighted by atomic mass is 10.1. The molecule has 1 saturated heterocycles. The van der Waals surface area contributed by atoms with E-state index in [-0.39, 0.29) is 12.0 Å². The highest BCUT2D eigenvalue weighted by atomic mass is 16.5. The number of benzene rings is 1. The van der Waals surface area contributed by atoms with E-state index in [0.29, 0.717) is 5.91 Å². The second-order valence-electron chi connectivity index (χ2n) is 8.26. The van der Waals surface area contributed by atoms with Crippen molar-refractivity contribution in [2.75, 3.05) is 33.3 Å².